The number of fused-ring (bicyclic) bond motifs is 1. The molecular weight excluding hydrogens is 154 g/mol. The third-order valence-electron chi connectivity index (χ3n) is 2.69. The van der Waals surface area contributed by atoms with Crippen LogP contribution in [0.25, 0.3) is 0 Å². The zero-order valence-electron chi connectivity index (χ0n) is 7.82. The normalized spacial score (nSPS) is 43.0. The molecule has 0 aromatic carbocycles. The Hall–Kier alpha value is -0.120. The molecule has 2 saturated heterocycles. The Morgan fingerprint density at radius 2 is 2.08 bits per heavy atom. The lowest BCUT2D eigenvalue weighted by molar-refractivity contribution is -0.153. The van der Waals surface area contributed by atoms with E-state index in [4.69, 9.17) is 9.47 Å². The van der Waals surface area contributed by atoms with Gasteiger partial charge in [-0.15, -0.1) is 0 Å². The van der Waals surface area contributed by atoms with E-state index in [0.717, 1.165) is 26.2 Å². The summed E-state index contributed by atoms with van der Waals surface area (Å²) >= 11 is 0. The van der Waals surface area contributed by atoms with E-state index in [1.807, 2.05) is 0 Å². The minimum atomic E-state index is 0.281. The maximum absolute atomic E-state index is 5.78. The van der Waals surface area contributed by atoms with Crippen molar-refractivity contribution in [2.45, 2.75) is 32.2 Å². The third-order valence-corrected chi connectivity index (χ3v) is 2.69. The summed E-state index contributed by atoms with van der Waals surface area (Å²) in [5.41, 5.74) is 0. The minimum absolute atomic E-state index is 0.281. The minimum Gasteiger partial charge on any atom is -0.371 e. The molecule has 2 heterocycles. The van der Waals surface area contributed by atoms with Crippen molar-refractivity contribution in [3.63, 3.8) is 0 Å². The molecular formula is C9H17NO2. The predicted octanol–water partition coefficient (Wildman–Crippen LogP) is 0.494. The van der Waals surface area contributed by atoms with Crippen molar-refractivity contribution in [1.29, 1.82) is 0 Å². The highest BCUT2D eigenvalue weighted by Gasteiger charge is 2.37. The molecule has 3 unspecified atom stereocenters. The van der Waals surface area contributed by atoms with Crippen LogP contribution in [0.5, 0.6) is 0 Å². The van der Waals surface area contributed by atoms with Gasteiger partial charge >= 0.3 is 0 Å². The first-order chi connectivity index (χ1) is 5.79. The Bertz CT molecular complexity index is 163. The first-order valence-corrected chi connectivity index (χ1v) is 4.79. The molecule has 12 heavy (non-hydrogen) atoms. The summed E-state index contributed by atoms with van der Waals surface area (Å²) in [7, 11) is 0. The van der Waals surface area contributed by atoms with Crippen LogP contribution in [0.4, 0.5) is 0 Å². The molecule has 0 amide bonds. The molecule has 2 rings (SSSR count). The number of likely N-dealkylation sites (N-methyl/N-ethyl adjacent to an activating group) is 1. The highest BCUT2D eigenvalue weighted by atomic mass is 16.6. The van der Waals surface area contributed by atoms with Crippen LogP contribution in [0, 0.1) is 0 Å². The van der Waals surface area contributed by atoms with Gasteiger partial charge in [0.15, 0.2) is 0 Å². The number of rotatable bonds is 1. The van der Waals surface area contributed by atoms with Gasteiger partial charge in [0, 0.05) is 13.1 Å². The van der Waals surface area contributed by atoms with E-state index < -0.39 is 0 Å². The van der Waals surface area contributed by atoms with Crippen LogP contribution in [-0.4, -0.2) is 49.5 Å². The highest BCUT2D eigenvalue weighted by molar-refractivity contribution is 4.88. The second-order valence-electron chi connectivity index (χ2n) is 3.71. The maximum atomic E-state index is 5.78. The molecule has 70 valence electrons. The first-order valence-electron chi connectivity index (χ1n) is 4.79. The van der Waals surface area contributed by atoms with Gasteiger partial charge in [-0.05, 0) is 13.5 Å². The smallest absolute Gasteiger partial charge is 0.0980 e. The summed E-state index contributed by atoms with van der Waals surface area (Å²) in [6.07, 6.45) is 0.943. The molecule has 0 aliphatic carbocycles. The molecule has 0 aromatic heterocycles. The number of ether oxygens (including phenoxy) is 2. The molecule has 0 spiro atoms. The number of likely N-dealkylation sites (tertiary alicyclic amines) is 1. The Labute approximate surface area is 73.6 Å². The molecule has 0 saturated carbocycles. The van der Waals surface area contributed by atoms with Crippen molar-refractivity contribution in [1.82, 2.24) is 4.90 Å². The lowest BCUT2D eigenvalue weighted by Gasteiger charge is -2.29. The van der Waals surface area contributed by atoms with E-state index in [-0.39, 0.29) is 6.10 Å². The average Bonchev–Trinajstić information content (AvgIpc) is 2.46. The van der Waals surface area contributed by atoms with Crippen LogP contribution in [0.3, 0.4) is 0 Å². The van der Waals surface area contributed by atoms with E-state index in [2.05, 4.69) is 18.7 Å². The van der Waals surface area contributed by atoms with Crippen molar-refractivity contribution >= 4 is 0 Å². The molecule has 2 aliphatic heterocycles. The van der Waals surface area contributed by atoms with E-state index in [1.165, 1.54) is 0 Å². The Balaban J connectivity index is 1.93. The summed E-state index contributed by atoms with van der Waals surface area (Å²) in [5.74, 6) is 0. The summed E-state index contributed by atoms with van der Waals surface area (Å²) in [6.45, 7) is 8.22. The van der Waals surface area contributed by atoms with E-state index in [0.29, 0.717) is 12.2 Å². The summed E-state index contributed by atoms with van der Waals surface area (Å²) in [4.78, 5) is 2.38. The number of hydrogen-bond acceptors (Lipinski definition) is 3. The fourth-order valence-corrected chi connectivity index (χ4v) is 1.96. The standard InChI is InChI=1S/C9H17NO2/c1-3-10-4-8-9(5-10)12-7(2)6-11-8/h7-9H,3-6H2,1-2H3. The Kier molecular flexibility index (Phi) is 2.35. The number of hydrogen-bond donors (Lipinski definition) is 0. The Morgan fingerprint density at radius 1 is 1.33 bits per heavy atom. The molecule has 0 radical (unpaired) electrons. The van der Waals surface area contributed by atoms with Gasteiger partial charge < -0.3 is 9.47 Å². The quantitative estimate of drug-likeness (QED) is 0.573. The van der Waals surface area contributed by atoms with Gasteiger partial charge in [-0.25, -0.2) is 0 Å². The molecule has 3 atom stereocenters. The topological polar surface area (TPSA) is 21.7 Å². The predicted molar refractivity (Wildman–Crippen MR) is 46.2 cm³/mol. The largest absolute Gasteiger partial charge is 0.371 e. The van der Waals surface area contributed by atoms with Crippen LogP contribution < -0.4 is 0 Å². The van der Waals surface area contributed by atoms with E-state index >= 15 is 0 Å². The second-order valence-corrected chi connectivity index (χ2v) is 3.71. The lowest BCUT2D eigenvalue weighted by Crippen LogP contribution is -2.41. The lowest BCUT2D eigenvalue weighted by atomic mass is 10.2. The van der Waals surface area contributed by atoms with Gasteiger partial charge in [0.1, 0.15) is 0 Å². The first kappa shape index (κ1) is 8.48. The Morgan fingerprint density at radius 3 is 2.83 bits per heavy atom. The van der Waals surface area contributed by atoms with Gasteiger partial charge in [0.05, 0.1) is 24.9 Å². The van der Waals surface area contributed by atoms with Crippen LogP contribution >= 0.6 is 0 Å². The van der Waals surface area contributed by atoms with Gasteiger partial charge in [-0.3, -0.25) is 4.90 Å². The average molecular weight is 171 g/mol. The summed E-state index contributed by atoms with van der Waals surface area (Å²) < 4.78 is 11.5. The molecule has 0 aromatic rings. The van der Waals surface area contributed by atoms with Crippen molar-refractivity contribution in [3.8, 4) is 0 Å². The fourth-order valence-electron chi connectivity index (χ4n) is 1.96. The van der Waals surface area contributed by atoms with Crippen LogP contribution in [-0.2, 0) is 9.47 Å². The molecule has 2 fully saturated rings. The SMILES string of the molecule is CCN1CC2OCC(C)OC2C1. The molecule has 0 N–H and O–H groups in total. The maximum Gasteiger partial charge on any atom is 0.0980 e. The second kappa shape index (κ2) is 3.32. The van der Waals surface area contributed by atoms with E-state index in [9.17, 15) is 0 Å². The molecule has 0 bridgehead atoms. The van der Waals surface area contributed by atoms with Crippen LogP contribution in [0.1, 0.15) is 13.8 Å². The molecule has 3 heteroatoms. The summed E-state index contributed by atoms with van der Waals surface area (Å²) in [5, 5.41) is 0. The van der Waals surface area contributed by atoms with Crippen molar-refractivity contribution in [2.75, 3.05) is 26.2 Å². The van der Waals surface area contributed by atoms with Gasteiger partial charge in [-0.1, -0.05) is 6.92 Å². The monoisotopic (exact) mass is 171 g/mol. The molecule has 3 nitrogen and oxygen atoms in total. The van der Waals surface area contributed by atoms with Crippen LogP contribution in [0.2, 0.25) is 0 Å². The highest BCUT2D eigenvalue weighted by Crippen LogP contribution is 2.22. The fraction of sp³-hybridized carbons (Fsp3) is 1.00. The third kappa shape index (κ3) is 1.49. The van der Waals surface area contributed by atoms with Gasteiger partial charge in [0.2, 0.25) is 0 Å². The van der Waals surface area contributed by atoms with Crippen molar-refractivity contribution in [3.05, 3.63) is 0 Å². The van der Waals surface area contributed by atoms with E-state index in [1.54, 1.807) is 0 Å². The van der Waals surface area contributed by atoms with Crippen LogP contribution in [0.15, 0.2) is 0 Å². The van der Waals surface area contributed by atoms with Crippen molar-refractivity contribution in [2.24, 2.45) is 0 Å². The zero-order chi connectivity index (χ0) is 8.55. The van der Waals surface area contributed by atoms with Gasteiger partial charge in [0.25, 0.3) is 0 Å². The van der Waals surface area contributed by atoms with Gasteiger partial charge in [-0.2, -0.15) is 0 Å². The number of nitrogens with zero attached hydrogens (tertiary/aromatic N) is 1. The molecule has 2 aliphatic rings. The summed E-state index contributed by atoms with van der Waals surface area (Å²) in [6, 6.07) is 0. The van der Waals surface area contributed by atoms with Crippen molar-refractivity contribution < 1.29 is 9.47 Å². The zero-order valence-corrected chi connectivity index (χ0v) is 7.82.